The van der Waals surface area contributed by atoms with Crippen molar-refractivity contribution in [1.29, 1.82) is 0 Å². The van der Waals surface area contributed by atoms with Crippen LogP contribution in [0.1, 0.15) is 78.4 Å². The second-order valence-electron chi connectivity index (χ2n) is 7.46. The molecule has 1 aromatic rings. The average molecular weight is 508 g/mol. The molecule has 162 valence electrons. The molecule has 0 fully saturated rings. The molecule has 0 radical (unpaired) electrons. The van der Waals surface area contributed by atoms with Gasteiger partial charge in [-0.25, -0.2) is 9.98 Å². The summed E-state index contributed by atoms with van der Waals surface area (Å²) in [6, 6.07) is 0. The van der Waals surface area contributed by atoms with Gasteiger partial charge in [-0.05, 0) is 26.7 Å². The Morgan fingerprint density at radius 2 is 1.89 bits per heavy atom. The van der Waals surface area contributed by atoms with E-state index in [-0.39, 0.29) is 35.4 Å². The molecule has 1 rings (SSSR count). The Kier molecular flexibility index (Phi) is 14.0. The summed E-state index contributed by atoms with van der Waals surface area (Å²) in [4.78, 5) is 20.1. The van der Waals surface area contributed by atoms with Gasteiger partial charge in [0, 0.05) is 24.9 Å². The first-order chi connectivity index (χ1) is 12.9. The van der Waals surface area contributed by atoms with Gasteiger partial charge in [0.25, 0.3) is 0 Å². The summed E-state index contributed by atoms with van der Waals surface area (Å²) in [5, 5.41) is 6.55. The molecule has 0 spiro atoms. The lowest BCUT2D eigenvalue weighted by atomic mass is 9.94. The first kappa shape index (κ1) is 26.7. The van der Waals surface area contributed by atoms with E-state index in [0.29, 0.717) is 25.5 Å². The molecule has 2 N–H and O–H groups in total. The fourth-order valence-corrected chi connectivity index (χ4v) is 2.41. The van der Waals surface area contributed by atoms with E-state index in [1.807, 2.05) is 13.8 Å². The molecule has 28 heavy (non-hydrogen) atoms. The van der Waals surface area contributed by atoms with E-state index >= 15 is 0 Å². The van der Waals surface area contributed by atoms with Crippen LogP contribution in [0.2, 0.25) is 0 Å². The topological polar surface area (TPSA) is 88.8 Å². The maximum Gasteiger partial charge on any atom is 0.305 e. The summed E-state index contributed by atoms with van der Waals surface area (Å²) in [6.45, 7) is 12.7. The molecular formula is C20H37IN4O3. The number of hydrogen-bond donors (Lipinski definition) is 2. The molecule has 0 saturated heterocycles. The zero-order valence-electron chi connectivity index (χ0n) is 18.0. The van der Waals surface area contributed by atoms with E-state index in [0.717, 1.165) is 50.5 Å². The van der Waals surface area contributed by atoms with Gasteiger partial charge in [0.15, 0.2) is 5.96 Å². The van der Waals surface area contributed by atoms with Crippen molar-refractivity contribution in [1.82, 2.24) is 15.6 Å². The molecule has 7 nitrogen and oxygen atoms in total. The van der Waals surface area contributed by atoms with Crippen molar-refractivity contribution in [2.24, 2.45) is 4.99 Å². The SMILES string of the molecule is CCNC(=NCc1ncc(C(C)(C)C)o1)NCCCCCCC(=O)OCC.I. The minimum Gasteiger partial charge on any atom is -0.466 e. The highest BCUT2D eigenvalue weighted by molar-refractivity contribution is 14.0. The van der Waals surface area contributed by atoms with Gasteiger partial charge >= 0.3 is 5.97 Å². The molecule has 8 heteroatoms. The van der Waals surface area contributed by atoms with Crippen LogP contribution in [0.25, 0.3) is 0 Å². The van der Waals surface area contributed by atoms with Crippen molar-refractivity contribution < 1.29 is 13.9 Å². The number of guanidine groups is 1. The molecule has 1 heterocycles. The normalized spacial score (nSPS) is 11.7. The van der Waals surface area contributed by atoms with Gasteiger partial charge in [0.2, 0.25) is 5.89 Å². The van der Waals surface area contributed by atoms with Crippen molar-refractivity contribution >= 4 is 35.9 Å². The molecule has 0 aromatic carbocycles. The van der Waals surface area contributed by atoms with E-state index < -0.39 is 0 Å². The predicted octanol–water partition coefficient (Wildman–Crippen LogP) is 4.16. The molecule has 0 bridgehead atoms. The lowest BCUT2D eigenvalue weighted by Crippen LogP contribution is -2.37. The average Bonchev–Trinajstić information content (AvgIpc) is 3.08. The first-order valence-corrected chi connectivity index (χ1v) is 9.99. The highest BCUT2D eigenvalue weighted by atomic mass is 127. The van der Waals surface area contributed by atoms with E-state index in [2.05, 4.69) is 41.4 Å². The van der Waals surface area contributed by atoms with E-state index in [1.54, 1.807) is 6.20 Å². The van der Waals surface area contributed by atoms with E-state index in [1.165, 1.54) is 0 Å². The zero-order chi connectivity index (χ0) is 20.1. The largest absolute Gasteiger partial charge is 0.466 e. The van der Waals surface area contributed by atoms with E-state index in [9.17, 15) is 4.79 Å². The summed E-state index contributed by atoms with van der Waals surface area (Å²) in [5.74, 6) is 2.16. The van der Waals surface area contributed by atoms with E-state index in [4.69, 9.17) is 9.15 Å². The number of rotatable bonds is 11. The number of nitrogens with zero attached hydrogens (tertiary/aromatic N) is 2. The maximum atomic E-state index is 11.3. The van der Waals surface area contributed by atoms with Crippen LogP contribution in [0.15, 0.2) is 15.6 Å². The van der Waals surface area contributed by atoms with Crippen molar-refractivity contribution in [2.45, 2.75) is 78.7 Å². The number of unbranched alkanes of at least 4 members (excludes halogenated alkanes) is 3. The first-order valence-electron chi connectivity index (χ1n) is 9.99. The van der Waals surface area contributed by atoms with Crippen molar-refractivity contribution in [3.05, 3.63) is 17.8 Å². The third-order valence-corrected chi connectivity index (χ3v) is 3.91. The number of aliphatic imine (C=N–C) groups is 1. The van der Waals surface area contributed by atoms with Crippen LogP contribution in [-0.4, -0.2) is 36.6 Å². The highest BCUT2D eigenvalue weighted by Crippen LogP contribution is 2.22. The van der Waals surface area contributed by atoms with Crippen LogP contribution in [0, 0.1) is 0 Å². The Morgan fingerprint density at radius 3 is 2.50 bits per heavy atom. The predicted molar refractivity (Wildman–Crippen MR) is 123 cm³/mol. The summed E-state index contributed by atoms with van der Waals surface area (Å²) >= 11 is 0. The monoisotopic (exact) mass is 508 g/mol. The quantitative estimate of drug-likeness (QED) is 0.154. The Labute approximate surface area is 186 Å². The van der Waals surface area contributed by atoms with Crippen LogP contribution < -0.4 is 10.6 Å². The standard InChI is InChI=1S/C20H36N4O3.HI/c1-6-21-19(22-13-11-9-8-10-12-18(25)26-7-2)24-15-17-23-14-16(27-17)20(3,4)5;/h14H,6-13,15H2,1-5H3,(H2,21,22,24);1H. The maximum absolute atomic E-state index is 11.3. The Morgan fingerprint density at radius 1 is 1.18 bits per heavy atom. The molecule has 0 unspecified atom stereocenters. The molecule has 1 aromatic heterocycles. The molecule has 0 atom stereocenters. The Balaban J connectivity index is 0.00000729. The fourth-order valence-electron chi connectivity index (χ4n) is 2.41. The van der Waals surface area contributed by atoms with Gasteiger partial charge in [-0.15, -0.1) is 24.0 Å². The van der Waals surface area contributed by atoms with Gasteiger partial charge < -0.3 is 19.8 Å². The summed E-state index contributed by atoms with van der Waals surface area (Å²) in [6.07, 6.45) is 6.30. The third-order valence-electron chi connectivity index (χ3n) is 3.91. The van der Waals surface area contributed by atoms with Crippen molar-refractivity contribution in [3.63, 3.8) is 0 Å². The second-order valence-corrected chi connectivity index (χ2v) is 7.46. The zero-order valence-corrected chi connectivity index (χ0v) is 20.3. The Bertz CT molecular complexity index is 582. The lowest BCUT2D eigenvalue weighted by molar-refractivity contribution is -0.143. The Hall–Kier alpha value is -1.32. The number of hydrogen-bond acceptors (Lipinski definition) is 5. The summed E-state index contributed by atoms with van der Waals surface area (Å²) in [5.41, 5.74) is -0.0506. The molecule has 0 amide bonds. The van der Waals surface area contributed by atoms with Gasteiger partial charge in [-0.2, -0.15) is 0 Å². The number of ether oxygens (including phenoxy) is 1. The number of carbonyl (C=O) groups excluding carboxylic acids is 1. The van der Waals surface area contributed by atoms with Crippen molar-refractivity contribution in [3.8, 4) is 0 Å². The van der Waals surface area contributed by atoms with Crippen LogP contribution >= 0.6 is 24.0 Å². The molecular weight excluding hydrogens is 471 g/mol. The number of esters is 1. The highest BCUT2D eigenvalue weighted by Gasteiger charge is 2.18. The smallest absolute Gasteiger partial charge is 0.305 e. The fraction of sp³-hybridized carbons (Fsp3) is 0.750. The van der Waals surface area contributed by atoms with Crippen LogP contribution in [0.3, 0.4) is 0 Å². The molecule has 0 aliphatic rings. The third kappa shape index (κ3) is 11.5. The van der Waals surface area contributed by atoms with Gasteiger partial charge in [-0.3, -0.25) is 4.79 Å². The number of oxazole rings is 1. The summed E-state index contributed by atoms with van der Waals surface area (Å²) < 4.78 is 10.7. The second kappa shape index (κ2) is 14.6. The van der Waals surface area contributed by atoms with Crippen molar-refractivity contribution in [2.75, 3.05) is 19.7 Å². The van der Waals surface area contributed by atoms with Gasteiger partial charge in [-0.1, -0.05) is 33.6 Å². The number of aromatic nitrogens is 1. The molecule has 0 saturated carbocycles. The van der Waals surface area contributed by atoms with Crippen LogP contribution in [0.5, 0.6) is 0 Å². The van der Waals surface area contributed by atoms with Crippen LogP contribution in [-0.2, 0) is 21.5 Å². The summed E-state index contributed by atoms with van der Waals surface area (Å²) in [7, 11) is 0. The van der Waals surface area contributed by atoms with Crippen LogP contribution in [0.4, 0.5) is 0 Å². The van der Waals surface area contributed by atoms with Gasteiger partial charge in [0.05, 0.1) is 12.8 Å². The minimum absolute atomic E-state index is 0. The lowest BCUT2D eigenvalue weighted by Gasteiger charge is -2.13. The minimum atomic E-state index is -0.0988. The number of halogens is 1. The number of nitrogens with one attached hydrogen (secondary N) is 2. The van der Waals surface area contributed by atoms with Gasteiger partial charge in [0.1, 0.15) is 12.3 Å². The molecule has 0 aliphatic carbocycles. The number of carbonyl (C=O) groups is 1. The molecule has 0 aliphatic heterocycles.